The van der Waals surface area contributed by atoms with Crippen LogP contribution >= 0.6 is 15.9 Å². The van der Waals surface area contributed by atoms with Crippen LogP contribution in [0.5, 0.6) is 5.75 Å². The second kappa shape index (κ2) is 3.68. The first-order valence-electron chi connectivity index (χ1n) is 4.23. The van der Waals surface area contributed by atoms with Crippen molar-refractivity contribution in [1.82, 2.24) is 0 Å². The van der Waals surface area contributed by atoms with Crippen molar-refractivity contribution in [2.45, 2.75) is 5.92 Å². The molecule has 1 heterocycles. The van der Waals surface area contributed by atoms with E-state index in [0.29, 0.717) is 5.92 Å². The van der Waals surface area contributed by atoms with Crippen molar-refractivity contribution >= 4 is 15.9 Å². The van der Waals surface area contributed by atoms with Crippen LogP contribution in [0.3, 0.4) is 0 Å². The van der Waals surface area contributed by atoms with Crippen molar-refractivity contribution in [3.05, 3.63) is 28.2 Å². The fraction of sp³-hybridized carbons (Fsp3) is 0.400. The molecular weight excluding hydrogens is 232 g/mol. The molecule has 1 aromatic carbocycles. The molecule has 0 unspecified atom stereocenters. The molecule has 70 valence electrons. The highest BCUT2D eigenvalue weighted by molar-refractivity contribution is 9.10. The number of para-hydroxylation sites is 1. The van der Waals surface area contributed by atoms with Crippen LogP contribution in [0, 0.1) is 0 Å². The molecule has 0 atom stereocenters. The highest BCUT2D eigenvalue weighted by Gasteiger charge is 2.24. The standard InChI is InChI=1S/C10H11BrO2/c1-12-10-8(7-5-13-6-7)3-2-4-9(10)11/h2-4,7H,5-6H2,1H3. The largest absolute Gasteiger partial charge is 0.495 e. The molecule has 3 heteroatoms. The molecule has 0 saturated carbocycles. The van der Waals surface area contributed by atoms with E-state index in [4.69, 9.17) is 9.47 Å². The van der Waals surface area contributed by atoms with Crippen LogP contribution in [0.25, 0.3) is 0 Å². The Bertz CT molecular complexity index is 308. The average Bonchev–Trinajstić information content (AvgIpc) is 2.01. The van der Waals surface area contributed by atoms with E-state index in [2.05, 4.69) is 22.0 Å². The summed E-state index contributed by atoms with van der Waals surface area (Å²) in [5, 5.41) is 0. The molecule has 1 fully saturated rings. The molecule has 2 rings (SSSR count). The van der Waals surface area contributed by atoms with Gasteiger partial charge in [0.1, 0.15) is 5.75 Å². The summed E-state index contributed by atoms with van der Waals surface area (Å²) >= 11 is 3.46. The lowest BCUT2D eigenvalue weighted by Gasteiger charge is -2.27. The van der Waals surface area contributed by atoms with Crippen molar-refractivity contribution in [2.75, 3.05) is 20.3 Å². The summed E-state index contributed by atoms with van der Waals surface area (Å²) in [5.41, 5.74) is 1.24. The van der Waals surface area contributed by atoms with Gasteiger partial charge in [-0.25, -0.2) is 0 Å². The molecule has 0 radical (unpaired) electrons. The van der Waals surface area contributed by atoms with Gasteiger partial charge in [-0.05, 0) is 22.0 Å². The fourth-order valence-electron chi connectivity index (χ4n) is 1.48. The number of rotatable bonds is 2. The van der Waals surface area contributed by atoms with Crippen molar-refractivity contribution in [2.24, 2.45) is 0 Å². The molecule has 0 aliphatic carbocycles. The summed E-state index contributed by atoms with van der Waals surface area (Å²) in [4.78, 5) is 0. The predicted octanol–water partition coefficient (Wildman–Crippen LogP) is 2.57. The zero-order chi connectivity index (χ0) is 9.26. The van der Waals surface area contributed by atoms with Crippen molar-refractivity contribution in [3.8, 4) is 5.75 Å². The molecule has 2 nitrogen and oxygen atoms in total. The van der Waals surface area contributed by atoms with E-state index in [1.807, 2.05) is 12.1 Å². The van der Waals surface area contributed by atoms with E-state index >= 15 is 0 Å². The number of hydrogen-bond acceptors (Lipinski definition) is 2. The van der Waals surface area contributed by atoms with Gasteiger partial charge in [-0.15, -0.1) is 0 Å². The maximum atomic E-state index is 5.33. The van der Waals surface area contributed by atoms with E-state index in [0.717, 1.165) is 23.4 Å². The van der Waals surface area contributed by atoms with Gasteiger partial charge in [-0.3, -0.25) is 0 Å². The SMILES string of the molecule is COc1c(Br)cccc1C1COC1. The van der Waals surface area contributed by atoms with Gasteiger partial charge in [0.15, 0.2) is 0 Å². The van der Waals surface area contributed by atoms with E-state index < -0.39 is 0 Å². The predicted molar refractivity (Wildman–Crippen MR) is 54.3 cm³/mol. The molecule has 0 aromatic heterocycles. The normalized spacial score (nSPS) is 16.8. The smallest absolute Gasteiger partial charge is 0.136 e. The summed E-state index contributed by atoms with van der Waals surface area (Å²) in [7, 11) is 1.70. The second-order valence-corrected chi connectivity index (χ2v) is 3.95. The quantitative estimate of drug-likeness (QED) is 0.794. The van der Waals surface area contributed by atoms with Gasteiger partial charge in [0.2, 0.25) is 0 Å². The highest BCUT2D eigenvalue weighted by atomic mass is 79.9. The lowest BCUT2D eigenvalue weighted by Crippen LogP contribution is -2.25. The number of halogens is 1. The number of benzene rings is 1. The van der Waals surface area contributed by atoms with Gasteiger partial charge in [0.25, 0.3) is 0 Å². The molecular formula is C10H11BrO2. The topological polar surface area (TPSA) is 18.5 Å². The molecule has 0 spiro atoms. The highest BCUT2D eigenvalue weighted by Crippen LogP contribution is 2.36. The summed E-state index contributed by atoms with van der Waals surface area (Å²) in [6.07, 6.45) is 0. The Morgan fingerprint density at radius 3 is 2.77 bits per heavy atom. The minimum Gasteiger partial charge on any atom is -0.495 e. The Kier molecular flexibility index (Phi) is 2.56. The molecule has 1 aromatic rings. The molecule has 0 N–H and O–H groups in total. The Hall–Kier alpha value is -0.540. The van der Waals surface area contributed by atoms with Crippen LogP contribution in [-0.4, -0.2) is 20.3 Å². The van der Waals surface area contributed by atoms with Crippen molar-refractivity contribution < 1.29 is 9.47 Å². The number of hydrogen-bond donors (Lipinski definition) is 0. The van der Waals surface area contributed by atoms with Crippen molar-refractivity contribution in [1.29, 1.82) is 0 Å². The zero-order valence-corrected chi connectivity index (χ0v) is 9.00. The van der Waals surface area contributed by atoms with Gasteiger partial charge < -0.3 is 9.47 Å². The van der Waals surface area contributed by atoms with Crippen LogP contribution in [0.15, 0.2) is 22.7 Å². The van der Waals surface area contributed by atoms with Crippen LogP contribution in [0.2, 0.25) is 0 Å². The Morgan fingerprint density at radius 1 is 1.46 bits per heavy atom. The summed E-state index contributed by atoms with van der Waals surface area (Å²) in [5.74, 6) is 1.45. The lowest BCUT2D eigenvalue weighted by atomic mass is 9.97. The van der Waals surface area contributed by atoms with Crippen molar-refractivity contribution in [3.63, 3.8) is 0 Å². The van der Waals surface area contributed by atoms with Crippen LogP contribution < -0.4 is 4.74 Å². The fourth-order valence-corrected chi connectivity index (χ4v) is 2.02. The third kappa shape index (κ3) is 1.58. The number of ether oxygens (including phenoxy) is 2. The maximum absolute atomic E-state index is 5.33. The van der Waals surface area contributed by atoms with E-state index in [-0.39, 0.29) is 0 Å². The molecule has 1 aliphatic heterocycles. The Morgan fingerprint density at radius 2 is 2.23 bits per heavy atom. The van der Waals surface area contributed by atoms with Gasteiger partial charge >= 0.3 is 0 Å². The monoisotopic (exact) mass is 242 g/mol. The minimum absolute atomic E-state index is 0.507. The Labute approximate surface area is 86.0 Å². The summed E-state index contributed by atoms with van der Waals surface area (Å²) < 4.78 is 11.5. The van der Waals surface area contributed by atoms with E-state index in [9.17, 15) is 0 Å². The van der Waals surface area contributed by atoms with Crippen LogP contribution in [-0.2, 0) is 4.74 Å². The third-order valence-corrected chi connectivity index (χ3v) is 2.90. The Balaban J connectivity index is 2.37. The molecule has 13 heavy (non-hydrogen) atoms. The first kappa shape index (κ1) is 9.03. The first-order valence-corrected chi connectivity index (χ1v) is 5.02. The van der Waals surface area contributed by atoms with Gasteiger partial charge in [0, 0.05) is 11.5 Å². The molecule has 0 amide bonds. The molecule has 1 saturated heterocycles. The average molecular weight is 243 g/mol. The van der Waals surface area contributed by atoms with Gasteiger partial charge in [0.05, 0.1) is 24.8 Å². The third-order valence-electron chi connectivity index (χ3n) is 2.28. The van der Waals surface area contributed by atoms with E-state index in [1.165, 1.54) is 5.56 Å². The van der Waals surface area contributed by atoms with Gasteiger partial charge in [-0.1, -0.05) is 12.1 Å². The summed E-state index contributed by atoms with van der Waals surface area (Å²) in [6.45, 7) is 1.62. The second-order valence-electron chi connectivity index (χ2n) is 3.10. The van der Waals surface area contributed by atoms with E-state index in [1.54, 1.807) is 7.11 Å². The molecule has 0 bridgehead atoms. The minimum atomic E-state index is 0.507. The maximum Gasteiger partial charge on any atom is 0.136 e. The lowest BCUT2D eigenvalue weighted by molar-refractivity contribution is 0.00749. The summed E-state index contributed by atoms with van der Waals surface area (Å²) in [6, 6.07) is 6.11. The van der Waals surface area contributed by atoms with Crippen LogP contribution in [0.4, 0.5) is 0 Å². The van der Waals surface area contributed by atoms with Gasteiger partial charge in [-0.2, -0.15) is 0 Å². The molecule has 1 aliphatic rings. The van der Waals surface area contributed by atoms with Crippen LogP contribution in [0.1, 0.15) is 11.5 Å². The zero-order valence-electron chi connectivity index (χ0n) is 7.42. The first-order chi connectivity index (χ1) is 6.33. The number of methoxy groups -OCH3 is 1.